The fourth-order valence-electron chi connectivity index (χ4n) is 2.43. The number of benzene rings is 1. The highest BCUT2D eigenvalue weighted by atomic mass is 32.2. The van der Waals surface area contributed by atoms with Gasteiger partial charge in [0.25, 0.3) is 0 Å². The first kappa shape index (κ1) is 15.9. The van der Waals surface area contributed by atoms with Gasteiger partial charge < -0.3 is 5.32 Å². The van der Waals surface area contributed by atoms with E-state index in [1.54, 1.807) is 13.0 Å². The average Bonchev–Trinajstić information content (AvgIpc) is 2.40. The lowest BCUT2D eigenvalue weighted by Crippen LogP contribution is -2.50. The first-order chi connectivity index (χ1) is 9.81. The highest BCUT2D eigenvalue weighted by Gasteiger charge is 2.35. The number of amides is 1. The summed E-state index contributed by atoms with van der Waals surface area (Å²) in [5.74, 6) is -0.546. The molecule has 1 N–H and O–H groups in total. The number of hydrogen-bond acceptors (Lipinski definition) is 3. The van der Waals surface area contributed by atoms with E-state index in [4.69, 9.17) is 0 Å². The lowest BCUT2D eigenvalue weighted by Gasteiger charge is -2.30. The monoisotopic (exact) mass is 314 g/mol. The van der Waals surface area contributed by atoms with Gasteiger partial charge in [0.05, 0.1) is 5.75 Å². The van der Waals surface area contributed by atoms with Crippen LogP contribution in [0.4, 0.5) is 4.39 Å². The molecule has 5 nitrogen and oxygen atoms in total. The van der Waals surface area contributed by atoms with Gasteiger partial charge in [-0.25, -0.2) is 12.8 Å². The first-order valence-electron chi connectivity index (χ1n) is 6.80. The van der Waals surface area contributed by atoms with Crippen molar-refractivity contribution < 1.29 is 17.6 Å². The van der Waals surface area contributed by atoms with Crippen molar-refractivity contribution in [3.63, 3.8) is 0 Å². The quantitative estimate of drug-likeness (QED) is 0.911. The lowest BCUT2D eigenvalue weighted by atomic mass is 10.1. The third-order valence-corrected chi connectivity index (χ3v) is 5.75. The number of sulfonamides is 1. The third kappa shape index (κ3) is 3.59. The minimum atomic E-state index is -3.33. The van der Waals surface area contributed by atoms with Gasteiger partial charge in [0.2, 0.25) is 15.9 Å². The molecule has 1 aliphatic heterocycles. The fraction of sp³-hybridized carbons (Fsp3) is 0.500. The van der Waals surface area contributed by atoms with Gasteiger partial charge in [-0.05, 0) is 43.0 Å². The molecule has 1 aromatic rings. The molecule has 1 unspecified atom stereocenters. The zero-order valence-electron chi connectivity index (χ0n) is 12.1. The second-order valence-electron chi connectivity index (χ2n) is 5.28. The SMILES string of the molecule is Cc1cc(F)ccc1CNC(=O)C1CCCS(=O)(=O)N1C. The maximum atomic E-state index is 13.0. The highest BCUT2D eigenvalue weighted by Crippen LogP contribution is 2.19. The van der Waals surface area contributed by atoms with Crippen LogP contribution in [0.5, 0.6) is 0 Å². The topological polar surface area (TPSA) is 66.5 Å². The molecule has 0 bridgehead atoms. The van der Waals surface area contributed by atoms with Gasteiger partial charge in [0, 0.05) is 13.6 Å². The molecule has 2 rings (SSSR count). The molecule has 0 saturated carbocycles. The molecule has 0 radical (unpaired) electrons. The predicted octanol–water partition coefficient (Wildman–Crippen LogP) is 1.17. The molecule has 1 atom stereocenters. The number of aryl methyl sites for hydroxylation is 1. The van der Waals surface area contributed by atoms with E-state index in [0.717, 1.165) is 15.4 Å². The maximum Gasteiger partial charge on any atom is 0.238 e. The summed E-state index contributed by atoms with van der Waals surface area (Å²) in [4.78, 5) is 12.2. The summed E-state index contributed by atoms with van der Waals surface area (Å²) in [5.41, 5.74) is 1.56. The Morgan fingerprint density at radius 1 is 1.48 bits per heavy atom. The van der Waals surface area contributed by atoms with Crippen LogP contribution in [0.15, 0.2) is 18.2 Å². The molecule has 116 valence electrons. The smallest absolute Gasteiger partial charge is 0.238 e. The summed E-state index contributed by atoms with van der Waals surface area (Å²) in [7, 11) is -1.90. The Morgan fingerprint density at radius 2 is 2.19 bits per heavy atom. The lowest BCUT2D eigenvalue weighted by molar-refractivity contribution is -0.125. The fourth-order valence-corrected chi connectivity index (χ4v) is 3.84. The molecule has 7 heteroatoms. The average molecular weight is 314 g/mol. The van der Waals surface area contributed by atoms with Gasteiger partial charge in [-0.1, -0.05) is 6.07 Å². The Bertz CT molecular complexity index is 646. The number of halogens is 1. The van der Waals surface area contributed by atoms with Crippen molar-refractivity contribution in [3.05, 3.63) is 35.1 Å². The van der Waals surface area contributed by atoms with E-state index in [1.165, 1.54) is 19.2 Å². The van der Waals surface area contributed by atoms with Crippen LogP contribution in [-0.2, 0) is 21.4 Å². The van der Waals surface area contributed by atoms with E-state index in [1.807, 2.05) is 0 Å². The zero-order chi connectivity index (χ0) is 15.6. The Morgan fingerprint density at radius 3 is 2.86 bits per heavy atom. The number of rotatable bonds is 3. The summed E-state index contributed by atoms with van der Waals surface area (Å²) in [6, 6.07) is 3.70. The molecule has 1 fully saturated rings. The Kier molecular flexibility index (Phi) is 4.63. The number of carbonyl (C=O) groups is 1. The van der Waals surface area contributed by atoms with E-state index >= 15 is 0 Å². The standard InChI is InChI=1S/C14H19FN2O3S/c1-10-8-12(15)6-5-11(10)9-16-14(18)13-4-3-7-21(19,20)17(13)2/h5-6,8,13H,3-4,7,9H2,1-2H3,(H,16,18). The van der Waals surface area contributed by atoms with Crippen LogP contribution in [0.2, 0.25) is 0 Å². The van der Waals surface area contributed by atoms with Crippen molar-refractivity contribution in [1.29, 1.82) is 0 Å². The van der Waals surface area contributed by atoms with Crippen LogP contribution in [0.3, 0.4) is 0 Å². The number of nitrogens with zero attached hydrogens (tertiary/aromatic N) is 1. The zero-order valence-corrected chi connectivity index (χ0v) is 12.9. The molecular formula is C14H19FN2O3S. The molecule has 1 aromatic carbocycles. The van der Waals surface area contributed by atoms with Crippen LogP contribution in [0, 0.1) is 12.7 Å². The summed E-state index contributed by atoms with van der Waals surface area (Å²) in [5, 5.41) is 2.73. The summed E-state index contributed by atoms with van der Waals surface area (Å²) in [6.45, 7) is 2.02. The number of carbonyl (C=O) groups excluding carboxylic acids is 1. The van der Waals surface area contributed by atoms with Crippen LogP contribution in [0.1, 0.15) is 24.0 Å². The molecule has 1 aliphatic rings. The second kappa shape index (κ2) is 6.11. The predicted molar refractivity (Wildman–Crippen MR) is 77.6 cm³/mol. The van der Waals surface area contributed by atoms with Gasteiger partial charge in [0.1, 0.15) is 11.9 Å². The Hall–Kier alpha value is -1.47. The van der Waals surface area contributed by atoms with Gasteiger partial charge in [0.15, 0.2) is 0 Å². The van der Waals surface area contributed by atoms with Crippen molar-refractivity contribution in [2.75, 3.05) is 12.8 Å². The highest BCUT2D eigenvalue weighted by molar-refractivity contribution is 7.89. The van der Waals surface area contributed by atoms with Crippen LogP contribution >= 0.6 is 0 Å². The number of nitrogens with one attached hydrogen (secondary N) is 1. The molecule has 21 heavy (non-hydrogen) atoms. The van der Waals surface area contributed by atoms with Crippen molar-refractivity contribution in [1.82, 2.24) is 9.62 Å². The molecule has 0 spiro atoms. The van der Waals surface area contributed by atoms with Gasteiger partial charge in [-0.3, -0.25) is 4.79 Å². The molecule has 1 saturated heterocycles. The number of likely N-dealkylation sites (N-methyl/N-ethyl adjacent to an activating group) is 1. The summed E-state index contributed by atoms with van der Waals surface area (Å²) in [6.07, 6.45) is 1.00. The normalized spacial score (nSPS) is 22.0. The van der Waals surface area contributed by atoms with Crippen molar-refractivity contribution in [2.45, 2.75) is 32.4 Å². The van der Waals surface area contributed by atoms with E-state index in [2.05, 4.69) is 5.32 Å². The summed E-state index contributed by atoms with van der Waals surface area (Å²) < 4.78 is 37.7. The molecule has 1 amide bonds. The van der Waals surface area contributed by atoms with Crippen molar-refractivity contribution in [3.8, 4) is 0 Å². The van der Waals surface area contributed by atoms with Gasteiger partial charge >= 0.3 is 0 Å². The molecule has 0 aromatic heterocycles. The first-order valence-corrected chi connectivity index (χ1v) is 8.40. The van der Waals surface area contributed by atoms with Crippen molar-refractivity contribution >= 4 is 15.9 Å². The molecular weight excluding hydrogens is 295 g/mol. The van der Waals surface area contributed by atoms with Crippen LogP contribution in [0.25, 0.3) is 0 Å². The minimum Gasteiger partial charge on any atom is -0.351 e. The molecule has 0 aliphatic carbocycles. The maximum absolute atomic E-state index is 13.0. The van der Waals surface area contributed by atoms with Crippen LogP contribution < -0.4 is 5.32 Å². The second-order valence-corrected chi connectivity index (χ2v) is 7.43. The summed E-state index contributed by atoms with van der Waals surface area (Å²) >= 11 is 0. The van der Waals surface area contributed by atoms with Gasteiger partial charge in [-0.2, -0.15) is 4.31 Å². The van der Waals surface area contributed by atoms with E-state index in [0.29, 0.717) is 12.8 Å². The van der Waals surface area contributed by atoms with E-state index in [-0.39, 0.29) is 24.0 Å². The Labute approximate surface area is 124 Å². The Balaban J connectivity index is 2.01. The number of hydrogen-bond donors (Lipinski definition) is 1. The van der Waals surface area contributed by atoms with Gasteiger partial charge in [-0.15, -0.1) is 0 Å². The molecule has 1 heterocycles. The minimum absolute atomic E-state index is 0.0876. The third-order valence-electron chi connectivity index (χ3n) is 3.82. The largest absolute Gasteiger partial charge is 0.351 e. The van der Waals surface area contributed by atoms with E-state index < -0.39 is 16.1 Å². The van der Waals surface area contributed by atoms with Crippen molar-refractivity contribution in [2.24, 2.45) is 0 Å². The van der Waals surface area contributed by atoms with Crippen LogP contribution in [-0.4, -0.2) is 37.5 Å². The van der Waals surface area contributed by atoms with E-state index in [9.17, 15) is 17.6 Å².